The van der Waals surface area contributed by atoms with E-state index in [2.05, 4.69) is 30.2 Å². The number of nitrogens with one attached hydrogen (secondary N) is 2. The van der Waals surface area contributed by atoms with Crippen LogP contribution in [-0.4, -0.2) is 39.1 Å². The topological polar surface area (TPSA) is 97.8 Å². The van der Waals surface area contributed by atoms with Crippen molar-refractivity contribution in [2.75, 3.05) is 19.5 Å². The van der Waals surface area contributed by atoms with Crippen molar-refractivity contribution in [3.63, 3.8) is 0 Å². The third kappa shape index (κ3) is 3.84. The van der Waals surface area contributed by atoms with Gasteiger partial charge in [0, 0.05) is 30.9 Å². The summed E-state index contributed by atoms with van der Waals surface area (Å²) in [6, 6.07) is 4.61. The molecule has 0 aliphatic carbocycles. The highest BCUT2D eigenvalue weighted by molar-refractivity contribution is 5.85. The maximum absolute atomic E-state index is 14.6. The number of hydrogen-bond acceptors (Lipinski definition) is 7. The quantitative estimate of drug-likeness (QED) is 0.450. The molecule has 0 fully saturated rings. The number of hydrogen-bond donors (Lipinski definition) is 2. The number of halogens is 2. The van der Waals surface area contributed by atoms with Crippen LogP contribution >= 0.6 is 0 Å². The van der Waals surface area contributed by atoms with E-state index in [-0.39, 0.29) is 18.8 Å². The number of H-pyrrole nitrogens is 1. The average Bonchev–Trinajstić information content (AvgIpc) is 3.17. The summed E-state index contributed by atoms with van der Waals surface area (Å²) in [6.07, 6.45) is 4.91. The fourth-order valence-corrected chi connectivity index (χ4v) is 3.09. The van der Waals surface area contributed by atoms with Crippen LogP contribution in [-0.2, 0) is 13.0 Å². The molecule has 0 aliphatic rings. The van der Waals surface area contributed by atoms with E-state index in [1.165, 1.54) is 32.8 Å². The molecule has 4 aromatic rings. The Morgan fingerprint density at radius 2 is 1.87 bits per heavy atom. The number of rotatable bonds is 7. The van der Waals surface area contributed by atoms with Crippen molar-refractivity contribution < 1.29 is 18.3 Å². The van der Waals surface area contributed by atoms with E-state index in [1.807, 2.05) is 0 Å². The maximum Gasteiger partial charge on any atom is 0.250 e. The summed E-state index contributed by atoms with van der Waals surface area (Å²) in [5.41, 5.74) is 2.39. The number of ether oxygens (including phenoxy) is 2. The molecule has 0 radical (unpaired) electrons. The third-order valence-electron chi connectivity index (χ3n) is 4.55. The number of nitrogens with zero attached hydrogens (tertiary/aromatic N) is 4. The lowest BCUT2D eigenvalue weighted by Crippen LogP contribution is -2.05. The first-order valence-corrected chi connectivity index (χ1v) is 9.01. The Morgan fingerprint density at radius 3 is 2.60 bits per heavy atom. The van der Waals surface area contributed by atoms with Gasteiger partial charge < -0.3 is 19.8 Å². The van der Waals surface area contributed by atoms with E-state index < -0.39 is 11.8 Å². The van der Waals surface area contributed by atoms with E-state index in [9.17, 15) is 8.78 Å². The summed E-state index contributed by atoms with van der Waals surface area (Å²) in [6.45, 7) is 0.233. The van der Waals surface area contributed by atoms with Crippen molar-refractivity contribution in [2.45, 2.75) is 13.0 Å². The van der Waals surface area contributed by atoms with Gasteiger partial charge in [0.25, 0.3) is 0 Å². The predicted octanol–water partition coefficient (Wildman–Crippen LogP) is 3.25. The first-order chi connectivity index (χ1) is 14.6. The number of fused-ring (bicyclic) bond motifs is 1. The highest BCUT2D eigenvalue weighted by atomic mass is 19.1. The molecule has 8 nitrogen and oxygen atoms in total. The van der Waals surface area contributed by atoms with Crippen LogP contribution in [0.3, 0.4) is 0 Å². The van der Waals surface area contributed by atoms with Crippen LogP contribution in [0.25, 0.3) is 11.0 Å². The minimum atomic E-state index is -0.607. The van der Waals surface area contributed by atoms with Gasteiger partial charge in [-0.05, 0) is 23.3 Å². The molecule has 0 aliphatic heterocycles. The summed E-state index contributed by atoms with van der Waals surface area (Å²) in [5.74, 6) is -0.504. The zero-order valence-electron chi connectivity index (χ0n) is 16.2. The molecule has 4 aromatic heterocycles. The molecule has 0 spiro atoms. The molecule has 0 saturated heterocycles. The second kappa shape index (κ2) is 8.27. The Labute approximate surface area is 170 Å². The Morgan fingerprint density at radius 1 is 1.03 bits per heavy atom. The number of anilines is 1. The highest BCUT2D eigenvalue weighted by Crippen LogP contribution is 2.27. The van der Waals surface area contributed by atoms with Crippen LogP contribution in [0, 0.1) is 11.8 Å². The molecule has 0 amide bonds. The SMILES string of the molecule is COc1ncc(CNc2ccc(Cc3c[nH]c4ncnc(OC)c34)c(F)n2)cc1F. The fraction of sp³-hybridized carbons (Fsp3) is 0.200. The van der Waals surface area contributed by atoms with Gasteiger partial charge in [0.1, 0.15) is 17.8 Å². The Kier molecular flexibility index (Phi) is 5.38. The van der Waals surface area contributed by atoms with Gasteiger partial charge in [-0.2, -0.15) is 4.39 Å². The van der Waals surface area contributed by atoms with Crippen molar-refractivity contribution >= 4 is 16.9 Å². The molecular formula is C20H18F2N6O2. The van der Waals surface area contributed by atoms with E-state index in [0.717, 1.165) is 5.56 Å². The predicted molar refractivity (Wildman–Crippen MR) is 106 cm³/mol. The summed E-state index contributed by atoms with van der Waals surface area (Å²) >= 11 is 0. The number of aromatic nitrogens is 5. The molecule has 0 saturated carbocycles. The molecule has 154 valence electrons. The summed E-state index contributed by atoms with van der Waals surface area (Å²) in [7, 11) is 2.86. The number of aromatic amines is 1. The summed E-state index contributed by atoms with van der Waals surface area (Å²) in [4.78, 5) is 19.1. The molecule has 0 atom stereocenters. The summed E-state index contributed by atoms with van der Waals surface area (Å²) in [5, 5.41) is 3.66. The van der Waals surface area contributed by atoms with Crippen LogP contribution in [0.4, 0.5) is 14.6 Å². The first-order valence-electron chi connectivity index (χ1n) is 9.01. The zero-order chi connectivity index (χ0) is 21.1. The van der Waals surface area contributed by atoms with Crippen LogP contribution in [0.15, 0.2) is 36.9 Å². The average molecular weight is 412 g/mol. The normalized spacial score (nSPS) is 10.9. The second-order valence-corrected chi connectivity index (χ2v) is 6.43. The zero-order valence-corrected chi connectivity index (χ0v) is 16.2. The smallest absolute Gasteiger partial charge is 0.250 e. The lowest BCUT2D eigenvalue weighted by Gasteiger charge is -2.09. The molecule has 0 unspecified atom stereocenters. The molecule has 30 heavy (non-hydrogen) atoms. The standard InChI is InChI=1S/C20H18F2N6O2/c1-29-19-14(21)5-11(8-25-19)7-23-15-4-3-12(17(22)28-15)6-13-9-24-18-16(13)20(30-2)27-10-26-18/h3-5,8-10H,6-7H2,1-2H3,(H,23,28)(H,24,26,27). The van der Waals surface area contributed by atoms with Crippen molar-refractivity contribution in [3.05, 3.63) is 65.4 Å². The van der Waals surface area contributed by atoms with E-state index in [0.29, 0.717) is 33.9 Å². The minimum Gasteiger partial charge on any atom is -0.480 e. The van der Waals surface area contributed by atoms with Gasteiger partial charge in [-0.15, -0.1) is 0 Å². The molecular weight excluding hydrogens is 394 g/mol. The highest BCUT2D eigenvalue weighted by Gasteiger charge is 2.15. The Hall–Kier alpha value is -3.82. The van der Waals surface area contributed by atoms with Gasteiger partial charge in [0.05, 0.1) is 19.6 Å². The largest absolute Gasteiger partial charge is 0.480 e. The maximum atomic E-state index is 14.6. The lowest BCUT2D eigenvalue weighted by molar-refractivity contribution is 0.368. The molecule has 2 N–H and O–H groups in total. The van der Waals surface area contributed by atoms with Gasteiger partial charge in [-0.1, -0.05) is 6.07 Å². The Balaban J connectivity index is 1.49. The van der Waals surface area contributed by atoms with Crippen LogP contribution in [0.5, 0.6) is 11.8 Å². The molecule has 10 heteroatoms. The Bertz CT molecular complexity index is 1200. The van der Waals surface area contributed by atoms with Gasteiger partial charge >= 0.3 is 0 Å². The fourth-order valence-electron chi connectivity index (χ4n) is 3.09. The molecule has 4 rings (SSSR count). The monoisotopic (exact) mass is 412 g/mol. The van der Waals surface area contributed by atoms with Crippen molar-refractivity contribution in [1.29, 1.82) is 0 Å². The van der Waals surface area contributed by atoms with Crippen molar-refractivity contribution in [1.82, 2.24) is 24.9 Å². The van der Waals surface area contributed by atoms with Gasteiger partial charge in [-0.25, -0.2) is 24.3 Å². The molecule has 4 heterocycles. The van der Waals surface area contributed by atoms with E-state index in [1.54, 1.807) is 18.3 Å². The number of pyridine rings is 2. The number of methoxy groups -OCH3 is 2. The van der Waals surface area contributed by atoms with Crippen LogP contribution < -0.4 is 14.8 Å². The van der Waals surface area contributed by atoms with Gasteiger partial charge in [-0.3, -0.25) is 0 Å². The minimum absolute atomic E-state index is 0.0772. The molecule has 0 aromatic carbocycles. The van der Waals surface area contributed by atoms with Gasteiger partial charge in [0.2, 0.25) is 17.7 Å². The molecule has 0 bridgehead atoms. The summed E-state index contributed by atoms with van der Waals surface area (Å²) < 4.78 is 38.4. The van der Waals surface area contributed by atoms with E-state index in [4.69, 9.17) is 9.47 Å². The van der Waals surface area contributed by atoms with Gasteiger partial charge in [0.15, 0.2) is 5.82 Å². The van der Waals surface area contributed by atoms with Crippen LogP contribution in [0.2, 0.25) is 0 Å². The third-order valence-corrected chi connectivity index (χ3v) is 4.55. The van der Waals surface area contributed by atoms with Crippen molar-refractivity contribution in [3.8, 4) is 11.8 Å². The van der Waals surface area contributed by atoms with E-state index >= 15 is 0 Å². The van der Waals surface area contributed by atoms with Crippen molar-refractivity contribution in [2.24, 2.45) is 0 Å². The second-order valence-electron chi connectivity index (χ2n) is 6.43. The van der Waals surface area contributed by atoms with Crippen LogP contribution in [0.1, 0.15) is 16.7 Å². The first kappa shape index (κ1) is 19.5. The lowest BCUT2D eigenvalue weighted by atomic mass is 10.1.